The Bertz CT molecular complexity index is 188. The van der Waals surface area contributed by atoms with Gasteiger partial charge < -0.3 is 0 Å². The average molecular weight is 222 g/mol. The summed E-state index contributed by atoms with van der Waals surface area (Å²) in [5, 5.41) is 0. The largest absolute Gasteiger partial charge is 0.0683 e. The number of hydrogen-bond acceptors (Lipinski definition) is 0. The lowest BCUT2D eigenvalue weighted by Crippen LogP contribution is -1.84. The van der Waals surface area contributed by atoms with Crippen LogP contribution in [0.3, 0.4) is 0 Å². The lowest BCUT2D eigenvalue weighted by molar-refractivity contribution is 0.667. The number of unbranched alkanes of at least 4 members (excludes halogenated alkanes) is 3. The first-order chi connectivity index (χ1) is 7.93. The van der Waals surface area contributed by atoms with E-state index in [-0.39, 0.29) is 0 Å². The van der Waals surface area contributed by atoms with Gasteiger partial charge in [-0.2, -0.15) is 0 Å². The molecule has 94 valence electrons. The fraction of sp³-hybridized carbons (Fsp3) is 0.625. The van der Waals surface area contributed by atoms with Crippen LogP contribution in [-0.2, 0) is 6.42 Å². The van der Waals surface area contributed by atoms with Crippen LogP contribution < -0.4 is 0 Å². The van der Waals surface area contributed by atoms with Crippen molar-refractivity contribution in [1.29, 1.82) is 0 Å². The SMILES string of the molecule is CC.CC.CCCCCCc1ccccc1. The fourth-order valence-corrected chi connectivity index (χ4v) is 1.40. The first-order valence-corrected chi connectivity index (χ1v) is 6.97. The molecule has 0 nitrogen and oxygen atoms in total. The Morgan fingerprint density at radius 3 is 1.81 bits per heavy atom. The third kappa shape index (κ3) is 11.3. The highest BCUT2D eigenvalue weighted by atomic mass is 14.0. The quantitative estimate of drug-likeness (QED) is 0.547. The van der Waals surface area contributed by atoms with Crippen LogP contribution in [0.25, 0.3) is 0 Å². The Morgan fingerprint density at radius 1 is 0.750 bits per heavy atom. The zero-order valence-corrected chi connectivity index (χ0v) is 11.9. The molecule has 0 spiro atoms. The van der Waals surface area contributed by atoms with E-state index in [1.165, 1.54) is 37.7 Å². The van der Waals surface area contributed by atoms with Crippen molar-refractivity contribution in [2.75, 3.05) is 0 Å². The summed E-state index contributed by atoms with van der Waals surface area (Å²) < 4.78 is 0. The second kappa shape index (κ2) is 16.6. The molecule has 0 bridgehead atoms. The van der Waals surface area contributed by atoms with Gasteiger partial charge in [0.25, 0.3) is 0 Å². The van der Waals surface area contributed by atoms with Gasteiger partial charge in [-0.25, -0.2) is 0 Å². The minimum Gasteiger partial charge on any atom is -0.0683 e. The summed E-state index contributed by atoms with van der Waals surface area (Å²) >= 11 is 0. The standard InChI is InChI=1S/C12H18.2C2H6/c1-2-3-4-6-9-12-10-7-5-8-11-12;2*1-2/h5,7-8,10-11H,2-4,6,9H2,1H3;2*1-2H3. The Kier molecular flexibility index (Phi) is 18.3. The molecular formula is C16H30. The summed E-state index contributed by atoms with van der Waals surface area (Å²) in [5.41, 5.74) is 1.48. The second-order valence-electron chi connectivity index (χ2n) is 3.30. The van der Waals surface area contributed by atoms with Gasteiger partial charge in [-0.1, -0.05) is 84.2 Å². The van der Waals surface area contributed by atoms with Crippen molar-refractivity contribution < 1.29 is 0 Å². The molecule has 0 aliphatic rings. The normalized spacial score (nSPS) is 8.31. The first kappa shape index (κ1) is 17.6. The molecule has 0 aromatic heterocycles. The van der Waals surface area contributed by atoms with Gasteiger partial charge >= 0.3 is 0 Å². The molecule has 0 radical (unpaired) electrons. The first-order valence-electron chi connectivity index (χ1n) is 6.97. The highest BCUT2D eigenvalue weighted by Gasteiger charge is 1.90. The Hall–Kier alpha value is -0.780. The Morgan fingerprint density at radius 2 is 1.31 bits per heavy atom. The minimum absolute atomic E-state index is 1.25. The minimum atomic E-state index is 1.25. The monoisotopic (exact) mass is 222 g/mol. The summed E-state index contributed by atoms with van der Waals surface area (Å²) in [6.07, 6.45) is 6.69. The molecule has 0 heterocycles. The third-order valence-electron chi connectivity index (χ3n) is 2.16. The zero-order valence-electron chi connectivity index (χ0n) is 11.9. The molecule has 16 heavy (non-hydrogen) atoms. The van der Waals surface area contributed by atoms with E-state index in [4.69, 9.17) is 0 Å². The van der Waals surface area contributed by atoms with Gasteiger partial charge in [0.1, 0.15) is 0 Å². The molecule has 0 heteroatoms. The van der Waals surface area contributed by atoms with Crippen molar-refractivity contribution in [1.82, 2.24) is 0 Å². The zero-order chi connectivity index (χ0) is 12.6. The highest BCUT2D eigenvalue weighted by molar-refractivity contribution is 5.14. The molecule has 0 fully saturated rings. The molecular weight excluding hydrogens is 192 g/mol. The van der Waals surface area contributed by atoms with Crippen molar-refractivity contribution in [3.8, 4) is 0 Å². The predicted molar refractivity (Wildman–Crippen MR) is 77.0 cm³/mol. The topological polar surface area (TPSA) is 0 Å². The number of aryl methyl sites for hydroxylation is 1. The predicted octanol–water partition coefficient (Wildman–Crippen LogP) is 5.86. The van der Waals surface area contributed by atoms with Crippen molar-refractivity contribution in [3.05, 3.63) is 35.9 Å². The van der Waals surface area contributed by atoms with Gasteiger partial charge in [-0.15, -0.1) is 0 Å². The van der Waals surface area contributed by atoms with Gasteiger partial charge in [-0.3, -0.25) is 0 Å². The Balaban J connectivity index is 0. The van der Waals surface area contributed by atoms with Crippen LogP contribution in [0, 0.1) is 0 Å². The molecule has 1 rings (SSSR count). The van der Waals surface area contributed by atoms with E-state index in [1.54, 1.807) is 0 Å². The number of rotatable bonds is 5. The maximum Gasteiger partial charge on any atom is -0.0279 e. The van der Waals surface area contributed by atoms with Gasteiger partial charge in [-0.05, 0) is 18.4 Å². The molecule has 0 amide bonds. The Labute approximate surface area is 103 Å². The third-order valence-corrected chi connectivity index (χ3v) is 2.16. The van der Waals surface area contributed by atoms with Crippen LogP contribution in [-0.4, -0.2) is 0 Å². The van der Waals surface area contributed by atoms with Gasteiger partial charge in [0.05, 0.1) is 0 Å². The lowest BCUT2D eigenvalue weighted by atomic mass is 10.1. The van der Waals surface area contributed by atoms with E-state index in [1.807, 2.05) is 27.7 Å². The van der Waals surface area contributed by atoms with Gasteiger partial charge in [0.2, 0.25) is 0 Å². The fourth-order valence-electron chi connectivity index (χ4n) is 1.40. The maximum atomic E-state index is 2.25. The van der Waals surface area contributed by atoms with Crippen molar-refractivity contribution >= 4 is 0 Å². The molecule has 0 saturated heterocycles. The van der Waals surface area contributed by atoms with Crippen LogP contribution in [0.15, 0.2) is 30.3 Å². The van der Waals surface area contributed by atoms with Crippen LogP contribution in [0.4, 0.5) is 0 Å². The summed E-state index contributed by atoms with van der Waals surface area (Å²) in [4.78, 5) is 0. The van der Waals surface area contributed by atoms with E-state index in [0.717, 1.165) is 0 Å². The molecule has 0 atom stereocenters. The van der Waals surface area contributed by atoms with Gasteiger partial charge in [0, 0.05) is 0 Å². The van der Waals surface area contributed by atoms with Crippen molar-refractivity contribution in [2.24, 2.45) is 0 Å². The summed E-state index contributed by atoms with van der Waals surface area (Å²) in [6.45, 7) is 10.3. The summed E-state index contributed by atoms with van der Waals surface area (Å²) in [6, 6.07) is 10.7. The molecule has 0 saturated carbocycles. The molecule has 0 unspecified atom stereocenters. The van der Waals surface area contributed by atoms with Crippen LogP contribution >= 0.6 is 0 Å². The maximum absolute atomic E-state index is 2.25. The van der Waals surface area contributed by atoms with E-state index in [2.05, 4.69) is 37.3 Å². The molecule has 0 N–H and O–H groups in total. The lowest BCUT2D eigenvalue weighted by Gasteiger charge is -1.99. The van der Waals surface area contributed by atoms with Crippen LogP contribution in [0.2, 0.25) is 0 Å². The average Bonchev–Trinajstić information content (AvgIpc) is 2.41. The van der Waals surface area contributed by atoms with E-state index >= 15 is 0 Å². The molecule has 1 aromatic carbocycles. The molecule has 0 aliphatic carbocycles. The van der Waals surface area contributed by atoms with E-state index in [9.17, 15) is 0 Å². The van der Waals surface area contributed by atoms with E-state index in [0.29, 0.717) is 0 Å². The number of benzene rings is 1. The van der Waals surface area contributed by atoms with Gasteiger partial charge in [0.15, 0.2) is 0 Å². The molecule has 1 aromatic rings. The van der Waals surface area contributed by atoms with Crippen LogP contribution in [0.5, 0.6) is 0 Å². The van der Waals surface area contributed by atoms with Crippen LogP contribution in [0.1, 0.15) is 65.9 Å². The summed E-state index contributed by atoms with van der Waals surface area (Å²) in [7, 11) is 0. The summed E-state index contributed by atoms with van der Waals surface area (Å²) in [5.74, 6) is 0. The highest BCUT2D eigenvalue weighted by Crippen LogP contribution is 2.06. The second-order valence-corrected chi connectivity index (χ2v) is 3.30. The van der Waals surface area contributed by atoms with Crippen molar-refractivity contribution in [2.45, 2.75) is 66.7 Å². The number of hydrogen-bond donors (Lipinski definition) is 0. The smallest absolute Gasteiger partial charge is 0.0279 e. The van der Waals surface area contributed by atoms with Crippen molar-refractivity contribution in [3.63, 3.8) is 0 Å². The molecule has 0 aliphatic heterocycles. The van der Waals surface area contributed by atoms with E-state index < -0.39 is 0 Å².